The minimum absolute atomic E-state index is 0.0103. The predicted molar refractivity (Wildman–Crippen MR) is 72.2 cm³/mol. The molecule has 0 aromatic heterocycles. The molecule has 1 rings (SSSR count). The Balaban J connectivity index is 2.66. The van der Waals surface area contributed by atoms with Gasteiger partial charge in [-0.2, -0.15) is 0 Å². The molecule has 1 aromatic carbocycles. The van der Waals surface area contributed by atoms with E-state index >= 15 is 0 Å². The Morgan fingerprint density at radius 1 is 1.17 bits per heavy atom. The molecule has 0 radical (unpaired) electrons. The third-order valence-electron chi connectivity index (χ3n) is 2.79. The van der Waals surface area contributed by atoms with Crippen LogP contribution in [0.25, 0.3) is 0 Å². The zero-order valence-electron chi connectivity index (χ0n) is 11.5. The van der Waals surface area contributed by atoms with Crippen molar-refractivity contribution in [3.05, 3.63) is 35.9 Å². The van der Waals surface area contributed by atoms with Crippen LogP contribution in [0.4, 0.5) is 0 Å². The molecular formula is C15H21NO2. The van der Waals surface area contributed by atoms with E-state index in [0.717, 1.165) is 5.56 Å². The molecule has 98 valence electrons. The Kier molecular flexibility index (Phi) is 4.65. The average Bonchev–Trinajstić information content (AvgIpc) is 2.25. The molecule has 0 heterocycles. The first kappa shape index (κ1) is 14.4. The number of ketones is 1. The fourth-order valence-corrected chi connectivity index (χ4v) is 1.92. The van der Waals surface area contributed by atoms with E-state index in [0.29, 0.717) is 6.42 Å². The maximum absolute atomic E-state index is 11.9. The Bertz CT molecular complexity index is 418. The molecule has 0 saturated carbocycles. The van der Waals surface area contributed by atoms with Gasteiger partial charge in [0.1, 0.15) is 0 Å². The molecule has 1 atom stereocenters. The van der Waals surface area contributed by atoms with Crippen molar-refractivity contribution in [1.82, 2.24) is 5.32 Å². The van der Waals surface area contributed by atoms with Crippen molar-refractivity contribution in [2.24, 2.45) is 5.41 Å². The Hall–Kier alpha value is -1.64. The van der Waals surface area contributed by atoms with Gasteiger partial charge in [-0.3, -0.25) is 9.59 Å². The van der Waals surface area contributed by atoms with Crippen LogP contribution in [-0.4, -0.2) is 17.7 Å². The van der Waals surface area contributed by atoms with Gasteiger partial charge in [0.05, 0.1) is 12.5 Å². The first-order valence-corrected chi connectivity index (χ1v) is 6.14. The van der Waals surface area contributed by atoms with Gasteiger partial charge in [0, 0.05) is 0 Å². The average molecular weight is 247 g/mol. The van der Waals surface area contributed by atoms with E-state index in [1.807, 2.05) is 51.1 Å². The minimum atomic E-state index is -0.436. The van der Waals surface area contributed by atoms with Gasteiger partial charge < -0.3 is 5.32 Å². The number of hydrogen-bond donors (Lipinski definition) is 1. The molecule has 0 aliphatic rings. The molecular weight excluding hydrogens is 226 g/mol. The molecule has 1 N–H and O–H groups in total. The normalized spacial score (nSPS) is 12.9. The van der Waals surface area contributed by atoms with E-state index in [-0.39, 0.29) is 17.1 Å². The van der Waals surface area contributed by atoms with Gasteiger partial charge in [0.25, 0.3) is 0 Å². The lowest BCUT2D eigenvalue weighted by Crippen LogP contribution is -2.48. The monoisotopic (exact) mass is 247 g/mol. The summed E-state index contributed by atoms with van der Waals surface area (Å²) in [4.78, 5) is 23.5. The lowest BCUT2D eigenvalue weighted by Gasteiger charge is -2.29. The highest BCUT2D eigenvalue weighted by Gasteiger charge is 2.29. The standard InChI is InChI=1S/C15H21NO2/c1-11(17)14(15(2,3)4)16-13(18)10-12-8-6-5-7-9-12/h5-9,14H,10H2,1-4H3,(H,16,18). The molecule has 0 aliphatic heterocycles. The molecule has 1 amide bonds. The number of benzene rings is 1. The van der Waals surface area contributed by atoms with Crippen molar-refractivity contribution in [2.45, 2.75) is 40.2 Å². The summed E-state index contributed by atoms with van der Waals surface area (Å²) in [7, 11) is 0. The van der Waals surface area contributed by atoms with Crippen molar-refractivity contribution >= 4 is 11.7 Å². The number of nitrogens with one attached hydrogen (secondary N) is 1. The van der Waals surface area contributed by atoms with Crippen LogP contribution in [0, 0.1) is 5.41 Å². The minimum Gasteiger partial charge on any atom is -0.345 e. The third kappa shape index (κ3) is 4.32. The van der Waals surface area contributed by atoms with Crippen LogP contribution in [0.3, 0.4) is 0 Å². The Labute approximate surface area is 109 Å². The van der Waals surface area contributed by atoms with Gasteiger partial charge in [-0.25, -0.2) is 0 Å². The second-order valence-corrected chi connectivity index (χ2v) is 5.64. The van der Waals surface area contributed by atoms with Crippen molar-refractivity contribution in [2.75, 3.05) is 0 Å². The predicted octanol–water partition coefficient (Wildman–Crippen LogP) is 2.35. The van der Waals surface area contributed by atoms with Crippen molar-refractivity contribution in [3.63, 3.8) is 0 Å². The highest BCUT2D eigenvalue weighted by atomic mass is 16.2. The van der Waals surface area contributed by atoms with Crippen LogP contribution in [0.5, 0.6) is 0 Å². The molecule has 0 saturated heterocycles. The van der Waals surface area contributed by atoms with Crippen LogP contribution in [0.2, 0.25) is 0 Å². The third-order valence-corrected chi connectivity index (χ3v) is 2.79. The van der Waals surface area contributed by atoms with E-state index in [2.05, 4.69) is 5.32 Å². The van der Waals surface area contributed by atoms with Crippen molar-refractivity contribution < 1.29 is 9.59 Å². The molecule has 0 spiro atoms. The van der Waals surface area contributed by atoms with Crippen LogP contribution in [-0.2, 0) is 16.0 Å². The van der Waals surface area contributed by atoms with E-state index in [4.69, 9.17) is 0 Å². The van der Waals surface area contributed by atoms with Gasteiger partial charge in [-0.05, 0) is 17.9 Å². The number of amides is 1. The zero-order valence-corrected chi connectivity index (χ0v) is 11.5. The van der Waals surface area contributed by atoms with Gasteiger partial charge in [-0.1, -0.05) is 51.1 Å². The fourth-order valence-electron chi connectivity index (χ4n) is 1.92. The molecule has 1 aromatic rings. The summed E-state index contributed by atoms with van der Waals surface area (Å²) in [6, 6.07) is 9.08. The van der Waals surface area contributed by atoms with Crippen LogP contribution in [0.15, 0.2) is 30.3 Å². The summed E-state index contributed by atoms with van der Waals surface area (Å²) in [5.41, 5.74) is 0.685. The van der Waals surface area contributed by atoms with Gasteiger partial charge in [0.15, 0.2) is 5.78 Å². The van der Waals surface area contributed by atoms with E-state index in [1.165, 1.54) is 6.92 Å². The van der Waals surface area contributed by atoms with Crippen molar-refractivity contribution in [1.29, 1.82) is 0 Å². The van der Waals surface area contributed by atoms with Gasteiger partial charge in [-0.15, -0.1) is 0 Å². The molecule has 18 heavy (non-hydrogen) atoms. The van der Waals surface area contributed by atoms with Gasteiger partial charge in [0.2, 0.25) is 5.91 Å². The summed E-state index contributed by atoms with van der Waals surface area (Å²) in [6.45, 7) is 7.35. The largest absolute Gasteiger partial charge is 0.345 e. The molecule has 0 bridgehead atoms. The quantitative estimate of drug-likeness (QED) is 0.887. The summed E-state index contributed by atoms with van der Waals surface area (Å²) in [6.07, 6.45) is 0.306. The summed E-state index contributed by atoms with van der Waals surface area (Å²) >= 11 is 0. The van der Waals surface area contributed by atoms with Gasteiger partial charge >= 0.3 is 0 Å². The molecule has 3 nitrogen and oxygen atoms in total. The number of Topliss-reactive ketones (excluding diaryl/α,β-unsaturated/α-hetero) is 1. The summed E-state index contributed by atoms with van der Waals surface area (Å²) in [5, 5.41) is 2.82. The number of hydrogen-bond acceptors (Lipinski definition) is 2. The van der Waals surface area contributed by atoms with Crippen LogP contribution in [0.1, 0.15) is 33.3 Å². The summed E-state index contributed by atoms with van der Waals surface area (Å²) < 4.78 is 0. The Morgan fingerprint density at radius 3 is 2.17 bits per heavy atom. The fraction of sp³-hybridized carbons (Fsp3) is 0.467. The number of carbonyl (C=O) groups excluding carboxylic acids is 2. The smallest absolute Gasteiger partial charge is 0.225 e. The first-order valence-electron chi connectivity index (χ1n) is 6.14. The number of rotatable bonds is 4. The van der Waals surface area contributed by atoms with E-state index in [9.17, 15) is 9.59 Å². The molecule has 3 heteroatoms. The van der Waals surface area contributed by atoms with Crippen LogP contribution < -0.4 is 5.32 Å². The number of carbonyl (C=O) groups is 2. The first-order chi connectivity index (χ1) is 8.30. The molecule has 0 aliphatic carbocycles. The SMILES string of the molecule is CC(=O)C(NC(=O)Cc1ccccc1)C(C)(C)C. The topological polar surface area (TPSA) is 46.2 Å². The van der Waals surface area contributed by atoms with Crippen LogP contribution >= 0.6 is 0 Å². The highest BCUT2D eigenvalue weighted by molar-refractivity contribution is 5.88. The highest BCUT2D eigenvalue weighted by Crippen LogP contribution is 2.20. The second-order valence-electron chi connectivity index (χ2n) is 5.64. The zero-order chi connectivity index (χ0) is 13.8. The lowest BCUT2D eigenvalue weighted by atomic mass is 9.84. The molecule has 0 fully saturated rings. The van der Waals surface area contributed by atoms with E-state index < -0.39 is 6.04 Å². The van der Waals surface area contributed by atoms with Crippen molar-refractivity contribution in [3.8, 4) is 0 Å². The second kappa shape index (κ2) is 5.80. The van der Waals surface area contributed by atoms with E-state index in [1.54, 1.807) is 0 Å². The lowest BCUT2D eigenvalue weighted by molar-refractivity contribution is -0.128. The molecule has 1 unspecified atom stereocenters. The maximum Gasteiger partial charge on any atom is 0.225 e. The summed E-state index contributed by atoms with van der Waals surface area (Å²) in [5.74, 6) is -0.125. The Morgan fingerprint density at radius 2 is 1.72 bits per heavy atom. The maximum atomic E-state index is 11.9.